The molecule has 30 heavy (non-hydrogen) atoms. The summed E-state index contributed by atoms with van der Waals surface area (Å²) in [6.45, 7) is 12.6. The number of para-hydroxylation sites is 1. The minimum Gasteiger partial charge on any atom is -0.491 e. The SMILES string of the molecule is Cc1cccc(C)c1OCC(C)NC(=O)c1cnc2c(c(C)nn2C)c1SC(C)C. The minimum absolute atomic E-state index is 0.145. The van der Waals surface area contributed by atoms with Crippen molar-refractivity contribution in [3.05, 3.63) is 46.8 Å². The fourth-order valence-corrected chi connectivity index (χ4v) is 4.58. The molecule has 0 radical (unpaired) electrons. The topological polar surface area (TPSA) is 69.0 Å². The number of carbonyl (C=O) groups excluding carboxylic acids is 1. The van der Waals surface area contributed by atoms with Crippen LogP contribution in [0.1, 0.15) is 48.0 Å². The Kier molecular flexibility index (Phi) is 6.71. The van der Waals surface area contributed by atoms with E-state index < -0.39 is 0 Å². The number of benzene rings is 1. The third-order valence-corrected chi connectivity index (χ3v) is 5.97. The molecule has 0 aliphatic rings. The van der Waals surface area contributed by atoms with Gasteiger partial charge in [-0.1, -0.05) is 32.0 Å². The number of pyridine rings is 1. The van der Waals surface area contributed by atoms with Crippen molar-refractivity contribution in [3.63, 3.8) is 0 Å². The summed E-state index contributed by atoms with van der Waals surface area (Å²) in [5, 5.41) is 8.83. The lowest BCUT2D eigenvalue weighted by Gasteiger charge is -2.19. The van der Waals surface area contributed by atoms with Crippen molar-refractivity contribution in [1.29, 1.82) is 0 Å². The highest BCUT2D eigenvalue weighted by Gasteiger charge is 2.22. The number of hydrogen-bond acceptors (Lipinski definition) is 5. The van der Waals surface area contributed by atoms with Crippen LogP contribution in [0.25, 0.3) is 11.0 Å². The normalized spacial score (nSPS) is 12.4. The van der Waals surface area contributed by atoms with Crippen molar-refractivity contribution >= 4 is 28.7 Å². The molecule has 1 N–H and O–H groups in total. The number of aromatic nitrogens is 3. The van der Waals surface area contributed by atoms with E-state index in [1.807, 2.05) is 52.9 Å². The Morgan fingerprint density at radius 1 is 1.20 bits per heavy atom. The van der Waals surface area contributed by atoms with Crippen molar-refractivity contribution in [2.75, 3.05) is 6.61 Å². The fraction of sp³-hybridized carbons (Fsp3) is 0.435. The molecule has 3 rings (SSSR count). The zero-order valence-corrected chi connectivity index (χ0v) is 19.6. The Hall–Kier alpha value is -2.54. The van der Waals surface area contributed by atoms with Gasteiger partial charge in [0.2, 0.25) is 0 Å². The molecule has 0 saturated carbocycles. The number of amides is 1. The van der Waals surface area contributed by atoms with E-state index >= 15 is 0 Å². The molecule has 1 atom stereocenters. The van der Waals surface area contributed by atoms with E-state index in [-0.39, 0.29) is 11.9 Å². The van der Waals surface area contributed by atoms with Gasteiger partial charge in [0.05, 0.1) is 22.7 Å². The number of carbonyl (C=O) groups is 1. The molecule has 0 bridgehead atoms. The van der Waals surface area contributed by atoms with Gasteiger partial charge in [0.25, 0.3) is 5.91 Å². The summed E-state index contributed by atoms with van der Waals surface area (Å²) in [7, 11) is 1.87. The Labute approximate surface area is 182 Å². The number of hydrogen-bond donors (Lipinski definition) is 1. The number of nitrogens with one attached hydrogen (secondary N) is 1. The van der Waals surface area contributed by atoms with Crippen molar-refractivity contribution in [2.24, 2.45) is 7.05 Å². The highest BCUT2D eigenvalue weighted by Crippen LogP contribution is 2.34. The number of aryl methyl sites for hydroxylation is 4. The van der Waals surface area contributed by atoms with E-state index in [1.54, 1.807) is 22.6 Å². The van der Waals surface area contributed by atoms with E-state index in [4.69, 9.17) is 4.74 Å². The van der Waals surface area contributed by atoms with Crippen LogP contribution in [0.5, 0.6) is 5.75 Å². The summed E-state index contributed by atoms with van der Waals surface area (Å²) in [6, 6.07) is 5.91. The van der Waals surface area contributed by atoms with Crippen molar-refractivity contribution in [3.8, 4) is 5.75 Å². The lowest BCUT2D eigenvalue weighted by atomic mass is 10.1. The molecular weight excluding hydrogens is 396 g/mol. The van der Waals surface area contributed by atoms with Crippen LogP contribution >= 0.6 is 11.8 Å². The molecule has 0 aliphatic carbocycles. The highest BCUT2D eigenvalue weighted by molar-refractivity contribution is 8.00. The molecule has 2 heterocycles. The van der Waals surface area contributed by atoms with Gasteiger partial charge in [-0.2, -0.15) is 5.10 Å². The van der Waals surface area contributed by atoms with Gasteiger partial charge >= 0.3 is 0 Å². The van der Waals surface area contributed by atoms with Crippen LogP contribution in [0.4, 0.5) is 0 Å². The van der Waals surface area contributed by atoms with Crippen LogP contribution in [-0.2, 0) is 7.05 Å². The zero-order chi connectivity index (χ0) is 22.0. The first-order chi connectivity index (χ1) is 14.2. The standard InChI is InChI=1S/C23H30N4O2S/c1-13(2)30-21-18(11-24-22-19(21)17(6)26-27(22)7)23(28)25-16(5)12-29-20-14(3)9-8-10-15(20)4/h8-11,13,16H,12H2,1-7H3,(H,25,28). The smallest absolute Gasteiger partial charge is 0.254 e. The molecule has 2 aromatic heterocycles. The molecule has 1 unspecified atom stereocenters. The molecular formula is C23H30N4O2S. The predicted octanol–water partition coefficient (Wildman–Crippen LogP) is 4.59. The van der Waals surface area contributed by atoms with Crippen LogP contribution in [-0.4, -0.2) is 38.6 Å². The molecule has 1 amide bonds. The second kappa shape index (κ2) is 9.08. The van der Waals surface area contributed by atoms with E-state index in [0.29, 0.717) is 17.4 Å². The molecule has 1 aromatic carbocycles. The first-order valence-electron chi connectivity index (χ1n) is 10.2. The van der Waals surface area contributed by atoms with E-state index in [0.717, 1.165) is 38.5 Å². The summed E-state index contributed by atoms with van der Waals surface area (Å²) in [5.74, 6) is 0.733. The summed E-state index contributed by atoms with van der Waals surface area (Å²) < 4.78 is 7.77. The second-order valence-corrected chi connectivity index (χ2v) is 9.57. The first kappa shape index (κ1) is 22.2. The van der Waals surface area contributed by atoms with Gasteiger partial charge < -0.3 is 10.1 Å². The van der Waals surface area contributed by atoms with E-state index in [9.17, 15) is 4.79 Å². The third kappa shape index (κ3) is 4.61. The number of thioether (sulfide) groups is 1. The Morgan fingerprint density at radius 2 is 1.87 bits per heavy atom. The molecule has 0 saturated heterocycles. The first-order valence-corrected chi connectivity index (χ1v) is 11.1. The second-order valence-electron chi connectivity index (χ2n) is 7.98. The summed E-state index contributed by atoms with van der Waals surface area (Å²) in [4.78, 5) is 18.6. The minimum atomic E-state index is -0.154. The van der Waals surface area contributed by atoms with E-state index in [1.165, 1.54) is 0 Å². The van der Waals surface area contributed by atoms with Gasteiger partial charge in [-0.25, -0.2) is 4.98 Å². The van der Waals surface area contributed by atoms with Crippen LogP contribution in [0.3, 0.4) is 0 Å². The van der Waals surface area contributed by atoms with Crippen LogP contribution in [0.2, 0.25) is 0 Å². The molecule has 0 fully saturated rings. The van der Waals surface area contributed by atoms with Gasteiger partial charge in [0, 0.05) is 23.4 Å². The van der Waals surface area contributed by atoms with Crippen molar-refractivity contribution in [2.45, 2.75) is 57.7 Å². The third-order valence-electron chi connectivity index (χ3n) is 4.84. The summed E-state index contributed by atoms with van der Waals surface area (Å²) in [5.41, 5.74) is 4.43. The molecule has 0 spiro atoms. The van der Waals surface area contributed by atoms with Gasteiger partial charge in [-0.15, -0.1) is 11.8 Å². The van der Waals surface area contributed by atoms with Crippen LogP contribution in [0, 0.1) is 20.8 Å². The highest BCUT2D eigenvalue weighted by atomic mass is 32.2. The summed E-state index contributed by atoms with van der Waals surface area (Å²) >= 11 is 1.67. The fourth-order valence-electron chi connectivity index (χ4n) is 3.48. The molecule has 6 nitrogen and oxygen atoms in total. The Balaban J connectivity index is 1.81. The molecule has 7 heteroatoms. The molecule has 3 aromatic rings. The molecule has 0 aliphatic heterocycles. The zero-order valence-electron chi connectivity index (χ0n) is 18.7. The Morgan fingerprint density at radius 3 is 2.50 bits per heavy atom. The Bertz CT molecular complexity index is 1050. The number of ether oxygens (including phenoxy) is 1. The maximum Gasteiger partial charge on any atom is 0.254 e. The van der Waals surface area contributed by atoms with Crippen LogP contribution < -0.4 is 10.1 Å². The van der Waals surface area contributed by atoms with Crippen LogP contribution in [0.15, 0.2) is 29.3 Å². The average Bonchev–Trinajstić information content (AvgIpc) is 2.95. The maximum absolute atomic E-state index is 13.1. The van der Waals surface area contributed by atoms with Gasteiger partial charge in [0.1, 0.15) is 12.4 Å². The lowest BCUT2D eigenvalue weighted by molar-refractivity contribution is 0.0923. The number of rotatable bonds is 7. The van der Waals surface area contributed by atoms with Gasteiger partial charge in [0.15, 0.2) is 5.65 Å². The number of fused-ring (bicyclic) bond motifs is 1. The van der Waals surface area contributed by atoms with Gasteiger partial charge in [-0.3, -0.25) is 9.48 Å². The average molecular weight is 427 g/mol. The predicted molar refractivity (Wildman–Crippen MR) is 123 cm³/mol. The molecule has 160 valence electrons. The van der Waals surface area contributed by atoms with Gasteiger partial charge in [-0.05, 0) is 38.8 Å². The summed E-state index contributed by atoms with van der Waals surface area (Å²) in [6.07, 6.45) is 1.66. The lowest BCUT2D eigenvalue weighted by Crippen LogP contribution is -2.37. The van der Waals surface area contributed by atoms with Crippen molar-refractivity contribution < 1.29 is 9.53 Å². The largest absolute Gasteiger partial charge is 0.491 e. The number of nitrogens with zero attached hydrogens (tertiary/aromatic N) is 3. The van der Waals surface area contributed by atoms with Crippen molar-refractivity contribution in [1.82, 2.24) is 20.1 Å². The quantitative estimate of drug-likeness (QED) is 0.560. The monoisotopic (exact) mass is 426 g/mol. The van der Waals surface area contributed by atoms with E-state index in [2.05, 4.69) is 29.2 Å². The maximum atomic E-state index is 13.1.